The van der Waals surface area contributed by atoms with Crippen molar-refractivity contribution in [1.29, 1.82) is 0 Å². The number of aromatic amines is 1. The SMILES string of the molecule is Cc1[nH]c(-c2ccccc2)cc1C(=O)C(=O)N1CCC(C(=O)c2ccc(C(F)(F)F)cc2)CC1. The number of aromatic nitrogens is 1. The predicted molar refractivity (Wildman–Crippen MR) is 120 cm³/mol. The summed E-state index contributed by atoms with van der Waals surface area (Å²) in [5, 5.41) is 0. The molecule has 0 atom stereocenters. The number of H-pyrrole nitrogens is 1. The van der Waals surface area contributed by atoms with E-state index >= 15 is 0 Å². The molecule has 1 amide bonds. The molecule has 1 aliphatic heterocycles. The Bertz CT molecular complexity index is 1210. The number of alkyl halides is 3. The largest absolute Gasteiger partial charge is 0.416 e. The number of Topliss-reactive ketones (excluding diaryl/α,β-unsaturated/α-hetero) is 2. The molecule has 1 fully saturated rings. The van der Waals surface area contributed by atoms with E-state index in [1.807, 2.05) is 30.3 Å². The molecule has 0 bridgehead atoms. The molecule has 1 N–H and O–H groups in total. The number of hydrogen-bond acceptors (Lipinski definition) is 3. The van der Waals surface area contributed by atoms with E-state index in [1.165, 1.54) is 17.0 Å². The number of likely N-dealkylation sites (tertiary alicyclic amines) is 1. The van der Waals surface area contributed by atoms with Crippen LogP contribution >= 0.6 is 0 Å². The molecular weight excluding hydrogens is 445 g/mol. The zero-order valence-corrected chi connectivity index (χ0v) is 18.5. The highest BCUT2D eigenvalue weighted by Gasteiger charge is 2.33. The molecule has 0 unspecified atom stereocenters. The molecule has 1 aliphatic rings. The molecule has 3 aromatic rings. The van der Waals surface area contributed by atoms with Crippen molar-refractivity contribution in [1.82, 2.24) is 9.88 Å². The van der Waals surface area contributed by atoms with E-state index in [0.29, 0.717) is 24.1 Å². The third-order valence-electron chi connectivity index (χ3n) is 6.19. The first-order valence-corrected chi connectivity index (χ1v) is 10.9. The molecular formula is C26H23F3N2O3. The van der Waals surface area contributed by atoms with Crippen LogP contribution in [-0.4, -0.2) is 40.4 Å². The van der Waals surface area contributed by atoms with Gasteiger partial charge in [-0.15, -0.1) is 0 Å². The van der Waals surface area contributed by atoms with Crippen molar-refractivity contribution in [2.75, 3.05) is 13.1 Å². The average molecular weight is 468 g/mol. The fourth-order valence-corrected chi connectivity index (χ4v) is 4.23. The molecule has 2 heterocycles. The number of amides is 1. The summed E-state index contributed by atoms with van der Waals surface area (Å²) < 4.78 is 38.2. The molecule has 0 spiro atoms. The summed E-state index contributed by atoms with van der Waals surface area (Å²) in [6.07, 6.45) is -3.76. The molecule has 176 valence electrons. The first-order chi connectivity index (χ1) is 16.1. The van der Waals surface area contributed by atoms with Gasteiger partial charge in [-0.1, -0.05) is 42.5 Å². The Morgan fingerprint density at radius 1 is 0.941 bits per heavy atom. The summed E-state index contributed by atoms with van der Waals surface area (Å²) in [6, 6.07) is 15.3. The van der Waals surface area contributed by atoms with Crippen LogP contribution in [0.4, 0.5) is 13.2 Å². The fraction of sp³-hybridized carbons (Fsp3) is 0.269. The summed E-state index contributed by atoms with van der Waals surface area (Å²) >= 11 is 0. The molecule has 0 radical (unpaired) electrons. The molecule has 8 heteroatoms. The van der Waals surface area contributed by atoms with Crippen molar-refractivity contribution < 1.29 is 27.6 Å². The maximum Gasteiger partial charge on any atom is 0.416 e. The van der Waals surface area contributed by atoms with Gasteiger partial charge in [0.2, 0.25) is 0 Å². The van der Waals surface area contributed by atoms with Gasteiger partial charge >= 0.3 is 6.18 Å². The third kappa shape index (κ3) is 4.81. The number of ketones is 2. The van der Waals surface area contributed by atoms with Crippen LogP contribution in [0.2, 0.25) is 0 Å². The normalized spacial score (nSPS) is 14.8. The van der Waals surface area contributed by atoms with Crippen LogP contribution in [0.1, 0.15) is 44.8 Å². The van der Waals surface area contributed by atoms with E-state index < -0.39 is 29.3 Å². The van der Waals surface area contributed by atoms with Gasteiger partial charge < -0.3 is 9.88 Å². The molecule has 34 heavy (non-hydrogen) atoms. The van der Waals surface area contributed by atoms with E-state index in [0.717, 1.165) is 23.4 Å². The van der Waals surface area contributed by atoms with E-state index in [9.17, 15) is 27.6 Å². The topological polar surface area (TPSA) is 70.2 Å². The second-order valence-corrected chi connectivity index (χ2v) is 8.42. The van der Waals surface area contributed by atoms with E-state index in [1.54, 1.807) is 13.0 Å². The minimum atomic E-state index is -4.46. The van der Waals surface area contributed by atoms with Gasteiger partial charge in [0.1, 0.15) is 0 Å². The minimum Gasteiger partial charge on any atom is -0.358 e. The van der Waals surface area contributed by atoms with E-state index in [4.69, 9.17) is 0 Å². The number of piperidine rings is 1. The Kier molecular flexibility index (Phi) is 6.41. The number of benzene rings is 2. The van der Waals surface area contributed by atoms with Crippen molar-refractivity contribution in [2.45, 2.75) is 25.9 Å². The summed E-state index contributed by atoms with van der Waals surface area (Å²) in [6.45, 7) is 2.20. The smallest absolute Gasteiger partial charge is 0.358 e. The van der Waals surface area contributed by atoms with Gasteiger partial charge in [0.05, 0.1) is 5.56 Å². The first kappa shape index (κ1) is 23.5. The Hall–Kier alpha value is -3.68. The molecule has 0 saturated carbocycles. The second-order valence-electron chi connectivity index (χ2n) is 8.42. The Labute approximate surface area is 194 Å². The highest BCUT2D eigenvalue weighted by molar-refractivity contribution is 6.43. The number of nitrogens with zero attached hydrogens (tertiary/aromatic N) is 1. The van der Waals surface area contributed by atoms with Gasteiger partial charge in [-0.25, -0.2) is 0 Å². The van der Waals surface area contributed by atoms with Crippen molar-refractivity contribution in [3.8, 4) is 11.3 Å². The lowest BCUT2D eigenvalue weighted by Crippen LogP contribution is -2.43. The van der Waals surface area contributed by atoms with Crippen LogP contribution in [0.3, 0.4) is 0 Å². The van der Waals surface area contributed by atoms with Gasteiger partial charge in [0.25, 0.3) is 11.7 Å². The zero-order valence-electron chi connectivity index (χ0n) is 18.5. The van der Waals surface area contributed by atoms with Gasteiger partial charge in [-0.05, 0) is 43.5 Å². The fourth-order valence-electron chi connectivity index (χ4n) is 4.23. The maximum absolute atomic E-state index is 12.9. The maximum atomic E-state index is 12.9. The van der Waals surface area contributed by atoms with Crippen molar-refractivity contribution in [2.24, 2.45) is 5.92 Å². The van der Waals surface area contributed by atoms with Crippen LogP contribution < -0.4 is 0 Å². The van der Waals surface area contributed by atoms with Gasteiger partial charge in [0.15, 0.2) is 5.78 Å². The van der Waals surface area contributed by atoms with E-state index in [-0.39, 0.29) is 24.4 Å². The van der Waals surface area contributed by atoms with Crippen molar-refractivity contribution in [3.05, 3.63) is 83.0 Å². The standard InChI is InChI=1S/C26H23F3N2O3/c1-16-21(15-22(30-16)17-5-3-2-4-6-17)24(33)25(34)31-13-11-19(12-14-31)23(32)18-7-9-20(10-8-18)26(27,28)29/h2-10,15,19,30H,11-14H2,1H3. The lowest BCUT2D eigenvalue weighted by molar-refractivity contribution is -0.137. The quantitative estimate of drug-likeness (QED) is 0.407. The predicted octanol–water partition coefficient (Wildman–Crippen LogP) is 5.31. The molecule has 2 aromatic carbocycles. The van der Waals surface area contributed by atoms with Gasteiger partial charge in [0, 0.05) is 41.5 Å². The van der Waals surface area contributed by atoms with Crippen LogP contribution in [0.5, 0.6) is 0 Å². The lowest BCUT2D eigenvalue weighted by Gasteiger charge is -2.31. The first-order valence-electron chi connectivity index (χ1n) is 10.9. The highest BCUT2D eigenvalue weighted by Crippen LogP contribution is 2.30. The van der Waals surface area contributed by atoms with Gasteiger partial charge in [-0.3, -0.25) is 14.4 Å². The molecule has 5 nitrogen and oxygen atoms in total. The molecule has 0 aliphatic carbocycles. The summed E-state index contributed by atoms with van der Waals surface area (Å²) in [7, 11) is 0. The van der Waals surface area contributed by atoms with Gasteiger partial charge in [-0.2, -0.15) is 13.2 Å². The number of carbonyl (C=O) groups is 3. The number of rotatable bonds is 5. The van der Waals surface area contributed by atoms with Crippen LogP contribution in [0.15, 0.2) is 60.7 Å². The minimum absolute atomic E-state index is 0.213. The number of aryl methyl sites for hydroxylation is 1. The summed E-state index contributed by atoms with van der Waals surface area (Å²) in [5.41, 5.74) is 1.97. The second kappa shape index (κ2) is 9.29. The Balaban J connectivity index is 1.38. The number of nitrogens with one attached hydrogen (secondary N) is 1. The highest BCUT2D eigenvalue weighted by atomic mass is 19.4. The van der Waals surface area contributed by atoms with Crippen molar-refractivity contribution in [3.63, 3.8) is 0 Å². The summed E-state index contributed by atoms with van der Waals surface area (Å²) in [4.78, 5) is 43.0. The number of halogens is 3. The zero-order chi connectivity index (χ0) is 24.5. The summed E-state index contributed by atoms with van der Waals surface area (Å²) in [5.74, 6) is -1.89. The van der Waals surface area contributed by atoms with Crippen molar-refractivity contribution >= 4 is 17.5 Å². The molecule has 1 aromatic heterocycles. The van der Waals surface area contributed by atoms with Crippen LogP contribution in [0.25, 0.3) is 11.3 Å². The van der Waals surface area contributed by atoms with Crippen LogP contribution in [0, 0.1) is 12.8 Å². The Morgan fingerprint density at radius 3 is 2.15 bits per heavy atom. The van der Waals surface area contributed by atoms with E-state index in [2.05, 4.69) is 4.98 Å². The molecule has 1 saturated heterocycles. The Morgan fingerprint density at radius 2 is 1.56 bits per heavy atom. The number of carbonyl (C=O) groups excluding carboxylic acids is 3. The molecule has 4 rings (SSSR count). The lowest BCUT2D eigenvalue weighted by atomic mass is 9.88. The average Bonchev–Trinajstić information content (AvgIpc) is 3.24. The number of hydrogen-bond donors (Lipinski definition) is 1. The van der Waals surface area contributed by atoms with Crippen LogP contribution in [-0.2, 0) is 11.0 Å². The monoisotopic (exact) mass is 468 g/mol. The third-order valence-corrected chi connectivity index (χ3v) is 6.19.